The maximum Gasteiger partial charge on any atom is 0.191 e. The molecule has 0 radical (unpaired) electrons. The Balaban J connectivity index is 0.00000361. The first-order valence-corrected chi connectivity index (χ1v) is 6.67. The second-order valence-corrected chi connectivity index (χ2v) is 5.33. The molecule has 20 heavy (non-hydrogen) atoms. The van der Waals surface area contributed by atoms with Crippen LogP contribution in [0.15, 0.2) is 27.8 Å². The van der Waals surface area contributed by atoms with Crippen LogP contribution in [0.2, 0.25) is 0 Å². The predicted molar refractivity (Wildman–Crippen MR) is 94.7 cm³/mol. The fourth-order valence-corrected chi connectivity index (χ4v) is 1.36. The van der Waals surface area contributed by atoms with Crippen LogP contribution in [0.4, 0.5) is 0 Å². The zero-order valence-corrected chi connectivity index (χ0v) is 15.4. The third kappa shape index (κ3) is 6.60. The maximum absolute atomic E-state index is 5.27. The Morgan fingerprint density at radius 3 is 2.55 bits per heavy atom. The smallest absolute Gasteiger partial charge is 0.191 e. The molecule has 0 amide bonds. The normalized spacial score (nSPS) is 12.2. The van der Waals surface area contributed by atoms with Gasteiger partial charge in [0.05, 0.1) is 6.26 Å². The summed E-state index contributed by atoms with van der Waals surface area (Å²) in [6.45, 7) is 8.65. The first-order valence-electron chi connectivity index (χ1n) is 6.67. The van der Waals surface area contributed by atoms with Gasteiger partial charge in [-0.15, -0.1) is 24.0 Å². The van der Waals surface area contributed by atoms with E-state index in [9.17, 15) is 0 Å². The van der Waals surface area contributed by atoms with Crippen LogP contribution in [0.3, 0.4) is 0 Å². The highest BCUT2D eigenvalue weighted by atomic mass is 127. The van der Waals surface area contributed by atoms with E-state index < -0.39 is 0 Å². The van der Waals surface area contributed by atoms with E-state index in [1.54, 1.807) is 6.26 Å². The molecule has 0 aliphatic rings. The minimum atomic E-state index is 0. The number of hydrogen-bond donors (Lipinski definition) is 2. The van der Waals surface area contributed by atoms with Gasteiger partial charge in [0.1, 0.15) is 12.3 Å². The second kappa shape index (κ2) is 9.23. The summed E-state index contributed by atoms with van der Waals surface area (Å²) in [5.41, 5.74) is 0.0703. The van der Waals surface area contributed by atoms with Crippen molar-refractivity contribution in [2.45, 2.75) is 32.9 Å². The Labute approximate surface area is 139 Å². The molecule has 5 nitrogen and oxygen atoms in total. The Hall–Kier alpha value is -0.760. The van der Waals surface area contributed by atoms with Gasteiger partial charge in [0, 0.05) is 18.6 Å². The molecule has 0 bridgehead atoms. The number of furan rings is 1. The number of halogens is 1. The summed E-state index contributed by atoms with van der Waals surface area (Å²) in [5, 5.41) is 6.60. The molecular weight excluding hydrogens is 367 g/mol. The van der Waals surface area contributed by atoms with Crippen molar-refractivity contribution in [2.75, 3.05) is 27.2 Å². The van der Waals surface area contributed by atoms with E-state index >= 15 is 0 Å². The monoisotopic (exact) mass is 394 g/mol. The highest BCUT2D eigenvalue weighted by Crippen LogP contribution is 2.07. The van der Waals surface area contributed by atoms with Crippen molar-refractivity contribution in [1.29, 1.82) is 0 Å². The van der Waals surface area contributed by atoms with Crippen molar-refractivity contribution in [1.82, 2.24) is 15.5 Å². The molecule has 1 aromatic rings. The van der Waals surface area contributed by atoms with Crippen molar-refractivity contribution in [3.05, 3.63) is 24.2 Å². The Bertz CT molecular complexity index is 388. The molecule has 1 heterocycles. The van der Waals surface area contributed by atoms with E-state index in [0.29, 0.717) is 6.54 Å². The van der Waals surface area contributed by atoms with E-state index in [1.807, 2.05) is 12.1 Å². The maximum atomic E-state index is 5.27. The Kier molecular flexibility index (Phi) is 8.88. The molecule has 0 saturated carbocycles. The van der Waals surface area contributed by atoms with E-state index in [2.05, 4.69) is 55.4 Å². The van der Waals surface area contributed by atoms with Crippen molar-refractivity contribution in [3.63, 3.8) is 0 Å². The van der Waals surface area contributed by atoms with Crippen molar-refractivity contribution in [2.24, 2.45) is 4.99 Å². The Morgan fingerprint density at radius 1 is 1.35 bits per heavy atom. The van der Waals surface area contributed by atoms with Crippen LogP contribution in [0.5, 0.6) is 0 Å². The molecule has 0 aromatic carbocycles. The van der Waals surface area contributed by atoms with E-state index in [1.165, 1.54) is 0 Å². The molecule has 0 unspecified atom stereocenters. The van der Waals surface area contributed by atoms with Gasteiger partial charge in [-0.25, -0.2) is 4.99 Å². The third-order valence-corrected chi connectivity index (χ3v) is 3.22. The van der Waals surface area contributed by atoms with E-state index in [4.69, 9.17) is 4.42 Å². The lowest BCUT2D eigenvalue weighted by molar-refractivity contribution is 0.197. The quantitative estimate of drug-likeness (QED) is 0.442. The molecule has 2 N–H and O–H groups in total. The largest absolute Gasteiger partial charge is 0.467 e. The summed E-state index contributed by atoms with van der Waals surface area (Å²) >= 11 is 0. The van der Waals surface area contributed by atoms with Crippen molar-refractivity contribution in [3.8, 4) is 0 Å². The van der Waals surface area contributed by atoms with Gasteiger partial charge in [-0.1, -0.05) is 0 Å². The third-order valence-electron chi connectivity index (χ3n) is 3.22. The van der Waals surface area contributed by atoms with Crippen molar-refractivity contribution >= 4 is 29.9 Å². The number of rotatable bonds is 6. The summed E-state index contributed by atoms with van der Waals surface area (Å²) in [6, 6.07) is 3.80. The van der Waals surface area contributed by atoms with Gasteiger partial charge in [0.15, 0.2) is 5.96 Å². The zero-order chi connectivity index (χ0) is 14.3. The highest BCUT2D eigenvalue weighted by Gasteiger charge is 2.20. The SMILES string of the molecule is CCNC(=NCc1ccco1)NCC(C)(C)N(C)C.I. The van der Waals surface area contributed by atoms with Crippen molar-refractivity contribution < 1.29 is 4.42 Å². The zero-order valence-electron chi connectivity index (χ0n) is 13.1. The van der Waals surface area contributed by atoms with Crippen LogP contribution < -0.4 is 10.6 Å². The summed E-state index contributed by atoms with van der Waals surface area (Å²) in [4.78, 5) is 6.69. The highest BCUT2D eigenvalue weighted by molar-refractivity contribution is 14.0. The average Bonchev–Trinajstić information content (AvgIpc) is 2.85. The fraction of sp³-hybridized carbons (Fsp3) is 0.643. The molecule has 1 rings (SSSR count). The Morgan fingerprint density at radius 2 is 2.05 bits per heavy atom. The fourth-order valence-electron chi connectivity index (χ4n) is 1.36. The second-order valence-electron chi connectivity index (χ2n) is 5.33. The number of nitrogens with zero attached hydrogens (tertiary/aromatic N) is 2. The lowest BCUT2D eigenvalue weighted by Crippen LogP contribution is -2.50. The average molecular weight is 394 g/mol. The topological polar surface area (TPSA) is 52.8 Å². The van der Waals surface area contributed by atoms with Gasteiger partial charge in [-0.3, -0.25) is 0 Å². The summed E-state index contributed by atoms with van der Waals surface area (Å²) in [6.07, 6.45) is 1.67. The van der Waals surface area contributed by atoms with Crippen LogP contribution >= 0.6 is 24.0 Å². The summed E-state index contributed by atoms with van der Waals surface area (Å²) in [5.74, 6) is 1.68. The molecule has 116 valence electrons. The van der Waals surface area contributed by atoms with Crippen LogP contribution in [0.1, 0.15) is 26.5 Å². The number of hydrogen-bond acceptors (Lipinski definition) is 3. The molecule has 0 aliphatic carbocycles. The van der Waals surface area contributed by atoms with Gasteiger partial charge in [-0.2, -0.15) is 0 Å². The number of nitrogens with one attached hydrogen (secondary N) is 2. The van der Waals surface area contributed by atoms with Gasteiger partial charge in [0.2, 0.25) is 0 Å². The summed E-state index contributed by atoms with van der Waals surface area (Å²) in [7, 11) is 4.16. The van der Waals surface area contributed by atoms with Crippen LogP contribution in [0, 0.1) is 0 Å². The minimum Gasteiger partial charge on any atom is -0.467 e. The lowest BCUT2D eigenvalue weighted by atomic mass is 10.0. The van der Waals surface area contributed by atoms with Crippen LogP contribution in [0.25, 0.3) is 0 Å². The van der Waals surface area contributed by atoms with E-state index in [-0.39, 0.29) is 29.5 Å². The molecule has 1 aromatic heterocycles. The molecule has 0 atom stereocenters. The van der Waals surface area contributed by atoms with Gasteiger partial charge in [0.25, 0.3) is 0 Å². The molecule has 0 saturated heterocycles. The van der Waals surface area contributed by atoms with Gasteiger partial charge >= 0.3 is 0 Å². The summed E-state index contributed by atoms with van der Waals surface area (Å²) < 4.78 is 5.27. The molecular formula is C14H27IN4O. The van der Waals surface area contributed by atoms with E-state index in [0.717, 1.165) is 24.8 Å². The van der Waals surface area contributed by atoms with Crippen LogP contribution in [-0.4, -0.2) is 43.6 Å². The lowest BCUT2D eigenvalue weighted by Gasteiger charge is -2.33. The standard InChI is InChI=1S/C14H26N4O.HI/c1-6-15-13(16-10-12-8-7-9-19-12)17-11-14(2,3)18(4)5;/h7-9H,6,10-11H2,1-5H3,(H2,15,16,17);1H. The minimum absolute atomic E-state index is 0. The number of likely N-dealkylation sites (N-methyl/N-ethyl adjacent to an activating group) is 1. The first-order chi connectivity index (χ1) is 8.95. The molecule has 6 heteroatoms. The molecule has 0 spiro atoms. The van der Waals surface area contributed by atoms with Gasteiger partial charge in [-0.05, 0) is 47.0 Å². The number of aliphatic imine (C=N–C) groups is 1. The predicted octanol–water partition coefficient (Wildman–Crippen LogP) is 2.29. The first kappa shape index (κ1) is 19.2. The molecule has 0 fully saturated rings. The van der Waals surface area contributed by atoms with Gasteiger partial charge < -0.3 is 20.0 Å². The van der Waals surface area contributed by atoms with Crippen LogP contribution in [-0.2, 0) is 6.54 Å². The number of guanidine groups is 1. The molecule has 0 aliphatic heterocycles.